The molecular formula is C12H15ClN4S. The molecule has 0 bridgehead atoms. The summed E-state index contributed by atoms with van der Waals surface area (Å²) in [7, 11) is 0. The van der Waals surface area contributed by atoms with Gasteiger partial charge < -0.3 is 9.88 Å². The summed E-state index contributed by atoms with van der Waals surface area (Å²) in [5, 5.41) is 14.8. The lowest BCUT2D eigenvalue weighted by atomic mass is 10.3. The Balaban J connectivity index is 1.66. The molecule has 1 N–H and O–H groups in total. The highest BCUT2D eigenvalue weighted by Gasteiger charge is 2.20. The van der Waals surface area contributed by atoms with E-state index in [9.17, 15) is 0 Å². The number of aryl methyl sites for hydroxylation is 1. The smallest absolute Gasteiger partial charge is 0.149 e. The van der Waals surface area contributed by atoms with Crippen molar-refractivity contribution in [2.24, 2.45) is 0 Å². The first-order chi connectivity index (χ1) is 8.74. The number of thiophene rings is 1. The van der Waals surface area contributed by atoms with Crippen molar-refractivity contribution in [1.82, 2.24) is 20.1 Å². The van der Waals surface area contributed by atoms with Crippen LogP contribution in [0.15, 0.2) is 11.4 Å². The minimum absolute atomic E-state index is 0.213. The molecule has 0 amide bonds. The highest BCUT2D eigenvalue weighted by Crippen LogP contribution is 2.21. The summed E-state index contributed by atoms with van der Waals surface area (Å²) in [6.45, 7) is 4.00. The molecule has 6 heteroatoms. The van der Waals surface area contributed by atoms with E-state index in [0.717, 1.165) is 36.2 Å². The minimum Gasteiger partial charge on any atom is -0.314 e. The van der Waals surface area contributed by atoms with Crippen LogP contribution in [0.2, 0.25) is 5.02 Å². The van der Waals surface area contributed by atoms with Gasteiger partial charge in [-0.2, -0.15) is 0 Å². The molecule has 0 fully saturated rings. The van der Waals surface area contributed by atoms with Crippen molar-refractivity contribution >= 4 is 22.9 Å². The second-order valence-electron chi connectivity index (χ2n) is 4.56. The molecule has 3 heterocycles. The zero-order valence-corrected chi connectivity index (χ0v) is 11.8. The fraction of sp³-hybridized carbons (Fsp3) is 0.500. The van der Waals surface area contributed by atoms with E-state index in [-0.39, 0.29) is 6.04 Å². The summed E-state index contributed by atoms with van der Waals surface area (Å²) in [6.07, 6.45) is 2.24. The number of nitrogens with zero attached hydrogens (tertiary/aromatic N) is 3. The normalized spacial score (nSPS) is 15.9. The third-order valence-corrected chi connectivity index (χ3v) is 4.51. The van der Waals surface area contributed by atoms with Gasteiger partial charge in [0.25, 0.3) is 0 Å². The van der Waals surface area contributed by atoms with Crippen molar-refractivity contribution in [3.05, 3.63) is 33.0 Å². The molecule has 1 unspecified atom stereocenters. The number of rotatable bonds is 4. The summed E-state index contributed by atoms with van der Waals surface area (Å²) < 4.78 is 2.24. The minimum atomic E-state index is 0.213. The fourth-order valence-electron chi connectivity index (χ4n) is 2.28. The van der Waals surface area contributed by atoms with E-state index >= 15 is 0 Å². The van der Waals surface area contributed by atoms with Crippen LogP contribution in [0.5, 0.6) is 0 Å². The summed E-state index contributed by atoms with van der Waals surface area (Å²) in [5.74, 6) is 2.17. The van der Waals surface area contributed by atoms with E-state index in [1.165, 1.54) is 11.3 Å². The van der Waals surface area contributed by atoms with Gasteiger partial charge in [0.05, 0.1) is 11.1 Å². The van der Waals surface area contributed by atoms with Crippen molar-refractivity contribution < 1.29 is 0 Å². The quantitative estimate of drug-likeness (QED) is 0.938. The molecule has 0 aromatic carbocycles. The number of fused-ring (bicyclic) bond motifs is 1. The van der Waals surface area contributed by atoms with Gasteiger partial charge in [0, 0.05) is 29.8 Å². The number of hydrogen-bond acceptors (Lipinski definition) is 4. The van der Waals surface area contributed by atoms with Gasteiger partial charge in [-0.25, -0.2) is 0 Å². The second-order valence-corrected chi connectivity index (χ2v) is 6.00. The average Bonchev–Trinajstić information content (AvgIpc) is 3.01. The first-order valence-electron chi connectivity index (χ1n) is 6.12. The van der Waals surface area contributed by atoms with Crippen LogP contribution in [-0.2, 0) is 19.5 Å². The van der Waals surface area contributed by atoms with E-state index in [1.807, 2.05) is 11.4 Å². The molecule has 1 aliphatic heterocycles. The van der Waals surface area contributed by atoms with Gasteiger partial charge in [0.15, 0.2) is 0 Å². The van der Waals surface area contributed by atoms with Gasteiger partial charge in [0.2, 0.25) is 0 Å². The summed E-state index contributed by atoms with van der Waals surface area (Å²) in [4.78, 5) is 1.24. The Hall–Kier alpha value is -0.910. The molecule has 96 valence electrons. The van der Waals surface area contributed by atoms with Crippen molar-refractivity contribution in [2.45, 2.75) is 38.9 Å². The Kier molecular flexibility index (Phi) is 3.37. The van der Waals surface area contributed by atoms with Crippen LogP contribution >= 0.6 is 22.9 Å². The van der Waals surface area contributed by atoms with Gasteiger partial charge in [-0.3, -0.25) is 0 Å². The monoisotopic (exact) mass is 282 g/mol. The molecule has 18 heavy (non-hydrogen) atoms. The van der Waals surface area contributed by atoms with Gasteiger partial charge in [0.1, 0.15) is 11.6 Å². The van der Waals surface area contributed by atoms with Crippen LogP contribution in [0.3, 0.4) is 0 Å². The molecule has 4 nitrogen and oxygen atoms in total. The molecule has 0 aliphatic carbocycles. The van der Waals surface area contributed by atoms with Crippen molar-refractivity contribution in [1.29, 1.82) is 0 Å². The van der Waals surface area contributed by atoms with Gasteiger partial charge in [-0.05, 0) is 19.4 Å². The van der Waals surface area contributed by atoms with Crippen LogP contribution in [-0.4, -0.2) is 14.8 Å². The fourth-order valence-corrected chi connectivity index (χ4v) is 3.31. The van der Waals surface area contributed by atoms with Crippen molar-refractivity contribution in [3.8, 4) is 0 Å². The lowest BCUT2D eigenvalue weighted by molar-refractivity contribution is 0.518. The Morgan fingerprint density at radius 3 is 3.22 bits per heavy atom. The highest BCUT2D eigenvalue weighted by molar-refractivity contribution is 7.10. The largest absolute Gasteiger partial charge is 0.314 e. The second kappa shape index (κ2) is 4.99. The predicted molar refractivity (Wildman–Crippen MR) is 72.9 cm³/mol. The van der Waals surface area contributed by atoms with Crippen LogP contribution in [0.1, 0.15) is 35.9 Å². The molecule has 0 spiro atoms. The predicted octanol–water partition coefficient (Wildman–Crippen LogP) is 2.79. The Labute approximate surface area is 115 Å². The molecule has 1 atom stereocenters. The van der Waals surface area contributed by atoms with E-state index < -0.39 is 0 Å². The van der Waals surface area contributed by atoms with Crippen molar-refractivity contribution in [3.63, 3.8) is 0 Å². The first-order valence-corrected chi connectivity index (χ1v) is 7.38. The number of nitrogens with one attached hydrogen (secondary N) is 1. The number of hydrogen-bond donors (Lipinski definition) is 1. The third kappa shape index (κ3) is 2.30. The number of aromatic nitrogens is 3. The molecule has 0 saturated heterocycles. The van der Waals surface area contributed by atoms with E-state index in [2.05, 4.69) is 27.0 Å². The zero-order valence-electron chi connectivity index (χ0n) is 10.2. The Bertz CT molecular complexity index is 548. The SMILES string of the molecule is CC(NCc1cc(Cl)cs1)c1nnc2n1CCC2. The molecular weight excluding hydrogens is 268 g/mol. The van der Waals surface area contributed by atoms with E-state index in [0.29, 0.717) is 0 Å². The maximum atomic E-state index is 5.91. The summed E-state index contributed by atoms with van der Waals surface area (Å²) in [5.41, 5.74) is 0. The Morgan fingerprint density at radius 1 is 1.56 bits per heavy atom. The van der Waals surface area contributed by atoms with Crippen LogP contribution in [0, 0.1) is 0 Å². The van der Waals surface area contributed by atoms with Crippen LogP contribution in [0.25, 0.3) is 0 Å². The number of halogens is 1. The maximum Gasteiger partial charge on any atom is 0.149 e. The average molecular weight is 283 g/mol. The Morgan fingerprint density at radius 2 is 2.44 bits per heavy atom. The van der Waals surface area contributed by atoms with E-state index in [4.69, 9.17) is 11.6 Å². The molecule has 0 radical (unpaired) electrons. The lowest BCUT2D eigenvalue weighted by Crippen LogP contribution is -2.21. The summed E-state index contributed by atoms with van der Waals surface area (Å²) in [6, 6.07) is 2.21. The van der Waals surface area contributed by atoms with Gasteiger partial charge >= 0.3 is 0 Å². The lowest BCUT2D eigenvalue weighted by Gasteiger charge is -2.12. The topological polar surface area (TPSA) is 42.7 Å². The van der Waals surface area contributed by atoms with E-state index in [1.54, 1.807) is 11.3 Å². The molecule has 3 rings (SSSR count). The maximum absolute atomic E-state index is 5.91. The van der Waals surface area contributed by atoms with Crippen LogP contribution < -0.4 is 5.32 Å². The zero-order chi connectivity index (χ0) is 12.5. The van der Waals surface area contributed by atoms with Gasteiger partial charge in [-0.1, -0.05) is 11.6 Å². The molecule has 2 aromatic rings. The molecule has 2 aromatic heterocycles. The van der Waals surface area contributed by atoms with Gasteiger partial charge in [-0.15, -0.1) is 21.5 Å². The molecule has 1 aliphatic rings. The third-order valence-electron chi connectivity index (χ3n) is 3.23. The summed E-state index contributed by atoms with van der Waals surface area (Å²) >= 11 is 7.59. The molecule has 0 saturated carbocycles. The highest BCUT2D eigenvalue weighted by atomic mass is 35.5. The van der Waals surface area contributed by atoms with Crippen molar-refractivity contribution in [2.75, 3.05) is 0 Å². The van der Waals surface area contributed by atoms with Crippen LogP contribution in [0.4, 0.5) is 0 Å². The first kappa shape index (κ1) is 12.1. The standard InChI is InChI=1S/C12H15ClN4S/c1-8(14-6-10-5-9(13)7-18-10)12-16-15-11-3-2-4-17(11)12/h5,7-8,14H,2-4,6H2,1H3.